The normalized spacial score (nSPS) is 11.4. The van der Waals surface area contributed by atoms with Gasteiger partial charge in [0.25, 0.3) is 0 Å². The smallest absolute Gasteiger partial charge is 0.341 e. The summed E-state index contributed by atoms with van der Waals surface area (Å²) in [5.41, 5.74) is 1.01. The Hall–Kier alpha value is -4.53. The Morgan fingerprint density at radius 3 is 0.739 bits per heavy atom. The molecule has 0 amide bonds. The molecule has 0 unspecified atom stereocenters. The summed E-state index contributed by atoms with van der Waals surface area (Å²) in [5.74, 6) is -0.0109. The molecule has 9 nitrogen and oxygen atoms in total. The molecule has 4 rings (SSSR count). The molecule has 0 aliphatic rings. The summed E-state index contributed by atoms with van der Waals surface area (Å²) >= 11 is 0. The number of rotatable bonds is 39. The number of carbonyl (C=O) groups is 3. The molecule has 4 aromatic carbocycles. The Morgan fingerprint density at radius 2 is 0.478 bits per heavy atom. The molecule has 0 saturated carbocycles. The number of fused-ring (bicyclic) bond motifs is 6. The second kappa shape index (κ2) is 33.9. The Balaban J connectivity index is 1.96. The predicted molar refractivity (Wildman–Crippen MR) is 285 cm³/mol. The fourth-order valence-corrected chi connectivity index (χ4v) is 8.89. The van der Waals surface area contributed by atoms with Gasteiger partial charge >= 0.3 is 17.9 Å². The Morgan fingerprint density at radius 1 is 0.275 bits per heavy atom. The van der Waals surface area contributed by atoms with E-state index in [-0.39, 0.29) is 0 Å². The molecule has 384 valence electrons. The number of benzene rings is 4. The molecule has 0 fully saturated rings. The van der Waals surface area contributed by atoms with Gasteiger partial charge < -0.3 is 28.4 Å². The average Bonchev–Trinajstić information content (AvgIpc) is 3.36. The molecule has 0 saturated heterocycles. The van der Waals surface area contributed by atoms with E-state index < -0.39 is 17.9 Å². The zero-order valence-corrected chi connectivity index (χ0v) is 44.0. The van der Waals surface area contributed by atoms with E-state index in [9.17, 15) is 14.4 Å². The van der Waals surface area contributed by atoms with Crippen molar-refractivity contribution in [2.45, 2.75) is 215 Å². The number of hydrogen-bond donors (Lipinski definition) is 0. The molecule has 0 atom stereocenters. The first kappa shape index (κ1) is 57.1. The second-order valence-electron chi connectivity index (χ2n) is 19.1. The van der Waals surface area contributed by atoms with Gasteiger partial charge in [-0.1, -0.05) is 176 Å². The van der Waals surface area contributed by atoms with E-state index in [1.807, 2.05) is 36.4 Å². The molecule has 0 heterocycles. The van der Waals surface area contributed by atoms with Crippen LogP contribution in [-0.2, 0) is 14.2 Å². The van der Waals surface area contributed by atoms with Gasteiger partial charge in [0.1, 0.15) is 33.9 Å². The van der Waals surface area contributed by atoms with Gasteiger partial charge in [0.05, 0.1) is 39.6 Å². The molecule has 0 spiro atoms. The van der Waals surface area contributed by atoms with Gasteiger partial charge in [-0.3, -0.25) is 0 Å². The quantitative estimate of drug-likeness (QED) is 0.0187. The van der Waals surface area contributed by atoms with Crippen molar-refractivity contribution in [3.8, 4) is 17.2 Å². The molecule has 0 aliphatic heterocycles. The third-order valence-corrected chi connectivity index (χ3v) is 13.1. The van der Waals surface area contributed by atoms with Crippen molar-refractivity contribution >= 4 is 50.2 Å². The lowest BCUT2D eigenvalue weighted by molar-refractivity contribution is 0.0483. The SMILES string of the molecule is CCCCCCCCOC(=O)c1cc2c(cc1OCCCCC)c1cc(OCCCCC)c(C(=O)OCCCCCCCC)cc1c1cc(C(=O)OCCCCCCCC)c(OCCCCC)cc21. The standard InChI is InChI=1S/C60H90O9/c1-7-13-19-22-25-31-37-67-58(61)52-40-46-47-41-53(59(62)68-38-32-26-23-20-14-8-2)56(65-35-29-17-11-5)44-50(47)51-45-57(66-36-30-18-12-6)54(60(63)69-39-33-27-24-21-15-9-3)42-48(51)49(46)43-55(52)64-34-28-16-10-4/h40-45H,7-39H2,1-6H3. The lowest BCUT2D eigenvalue weighted by Gasteiger charge is -2.20. The minimum Gasteiger partial charge on any atom is -0.493 e. The highest BCUT2D eigenvalue weighted by Crippen LogP contribution is 2.43. The van der Waals surface area contributed by atoms with E-state index in [1.165, 1.54) is 57.8 Å². The predicted octanol–water partition coefficient (Wildman–Crippen LogP) is 17.4. The average molecular weight is 955 g/mol. The highest BCUT2D eigenvalue weighted by atomic mass is 16.5. The fraction of sp³-hybridized carbons (Fsp3) is 0.650. The first-order valence-electron chi connectivity index (χ1n) is 27.8. The van der Waals surface area contributed by atoms with E-state index >= 15 is 0 Å². The van der Waals surface area contributed by atoms with Gasteiger partial charge in [0.15, 0.2) is 0 Å². The molecule has 9 heteroatoms. The van der Waals surface area contributed by atoms with Crippen LogP contribution in [0.3, 0.4) is 0 Å². The zero-order chi connectivity index (χ0) is 49.5. The van der Waals surface area contributed by atoms with Gasteiger partial charge in [-0.2, -0.15) is 0 Å². The summed E-state index contributed by atoms with van der Waals surface area (Å²) < 4.78 is 37.5. The third-order valence-electron chi connectivity index (χ3n) is 13.1. The molecular weight excluding hydrogens is 865 g/mol. The zero-order valence-electron chi connectivity index (χ0n) is 44.0. The van der Waals surface area contributed by atoms with Crippen molar-refractivity contribution < 1.29 is 42.8 Å². The molecule has 69 heavy (non-hydrogen) atoms. The topological polar surface area (TPSA) is 107 Å². The van der Waals surface area contributed by atoms with Crippen LogP contribution in [0.2, 0.25) is 0 Å². The van der Waals surface area contributed by atoms with Crippen LogP contribution in [0.25, 0.3) is 32.3 Å². The highest BCUT2D eigenvalue weighted by Gasteiger charge is 2.25. The first-order chi connectivity index (χ1) is 33.8. The maximum Gasteiger partial charge on any atom is 0.341 e. The van der Waals surface area contributed by atoms with Crippen molar-refractivity contribution in [2.24, 2.45) is 0 Å². The van der Waals surface area contributed by atoms with Crippen molar-refractivity contribution in [3.05, 3.63) is 53.1 Å². The summed E-state index contributed by atoms with van der Waals surface area (Å²) in [6.45, 7) is 15.4. The lowest BCUT2D eigenvalue weighted by atomic mass is 9.90. The summed E-state index contributed by atoms with van der Waals surface area (Å²) in [6.07, 6.45) is 28.0. The third kappa shape index (κ3) is 19.0. The molecule has 4 aromatic rings. The van der Waals surface area contributed by atoms with Crippen molar-refractivity contribution in [2.75, 3.05) is 39.6 Å². The number of ether oxygens (including phenoxy) is 6. The molecule has 0 aliphatic carbocycles. The van der Waals surface area contributed by atoms with Gasteiger partial charge in [-0.05, 0) is 107 Å². The number of hydrogen-bond acceptors (Lipinski definition) is 9. The van der Waals surface area contributed by atoms with Gasteiger partial charge in [-0.15, -0.1) is 0 Å². The summed E-state index contributed by atoms with van der Waals surface area (Å²) in [5, 5.41) is 4.60. The van der Waals surface area contributed by atoms with Crippen LogP contribution in [0, 0.1) is 0 Å². The van der Waals surface area contributed by atoms with Gasteiger partial charge in [-0.25, -0.2) is 14.4 Å². The number of carbonyl (C=O) groups excluding carboxylic acids is 3. The van der Waals surface area contributed by atoms with Crippen LogP contribution in [0.15, 0.2) is 36.4 Å². The van der Waals surface area contributed by atoms with E-state index in [0.717, 1.165) is 148 Å². The summed E-state index contributed by atoms with van der Waals surface area (Å²) in [4.78, 5) is 42.6. The lowest BCUT2D eigenvalue weighted by Crippen LogP contribution is -2.12. The van der Waals surface area contributed by atoms with E-state index in [4.69, 9.17) is 28.4 Å². The van der Waals surface area contributed by atoms with Gasteiger partial charge in [0, 0.05) is 0 Å². The minimum atomic E-state index is -0.451. The van der Waals surface area contributed by atoms with Crippen molar-refractivity contribution in [3.63, 3.8) is 0 Å². The van der Waals surface area contributed by atoms with Crippen LogP contribution in [-0.4, -0.2) is 57.5 Å². The maximum absolute atomic E-state index is 14.2. The summed E-state index contributed by atoms with van der Waals surface area (Å²) in [7, 11) is 0. The van der Waals surface area contributed by atoms with E-state index in [2.05, 4.69) is 41.5 Å². The highest BCUT2D eigenvalue weighted by molar-refractivity contribution is 6.28. The Labute approximate surface area is 416 Å². The van der Waals surface area contributed by atoms with Crippen LogP contribution in [0.5, 0.6) is 17.2 Å². The van der Waals surface area contributed by atoms with Crippen LogP contribution in [0.4, 0.5) is 0 Å². The van der Waals surface area contributed by atoms with E-state index in [0.29, 0.717) is 73.6 Å². The molecule has 0 N–H and O–H groups in total. The van der Waals surface area contributed by atoms with Crippen molar-refractivity contribution in [1.29, 1.82) is 0 Å². The minimum absolute atomic E-state index is 0.315. The van der Waals surface area contributed by atoms with Crippen LogP contribution >= 0.6 is 0 Å². The molecular formula is C60H90O9. The largest absolute Gasteiger partial charge is 0.493 e. The fourth-order valence-electron chi connectivity index (χ4n) is 8.89. The number of esters is 3. The Kier molecular flexibility index (Phi) is 28.0. The maximum atomic E-state index is 14.2. The molecule has 0 bridgehead atoms. The number of unbranched alkanes of at least 4 members (excludes halogenated alkanes) is 21. The summed E-state index contributed by atoms with van der Waals surface area (Å²) in [6, 6.07) is 11.4. The molecule has 0 aromatic heterocycles. The monoisotopic (exact) mass is 955 g/mol. The van der Waals surface area contributed by atoms with E-state index in [1.54, 1.807) is 0 Å². The van der Waals surface area contributed by atoms with Crippen LogP contribution in [0.1, 0.15) is 246 Å². The second-order valence-corrected chi connectivity index (χ2v) is 19.1. The van der Waals surface area contributed by atoms with Gasteiger partial charge in [0.2, 0.25) is 0 Å². The first-order valence-corrected chi connectivity index (χ1v) is 27.8. The van der Waals surface area contributed by atoms with Crippen molar-refractivity contribution in [1.82, 2.24) is 0 Å². The Bertz CT molecular complexity index is 2120. The van der Waals surface area contributed by atoms with Crippen LogP contribution < -0.4 is 14.2 Å². The molecule has 0 radical (unpaired) electrons.